The first-order chi connectivity index (χ1) is 11.5. The van der Waals surface area contributed by atoms with Crippen molar-refractivity contribution in [1.29, 1.82) is 5.26 Å². The second kappa shape index (κ2) is 8.46. The molecule has 6 nitrogen and oxygen atoms in total. The Kier molecular flexibility index (Phi) is 6.33. The van der Waals surface area contributed by atoms with Crippen LogP contribution in [0.3, 0.4) is 0 Å². The minimum Gasteiger partial charge on any atom is -0.353 e. The Hall–Kier alpha value is -2.39. The minimum absolute atomic E-state index is 0.143. The van der Waals surface area contributed by atoms with E-state index in [9.17, 15) is 10.1 Å². The number of carbonyl (C=O) groups excluding carboxylic acids is 1. The number of likely N-dealkylation sites (N-methyl/N-ethyl adjacent to an activating group) is 1. The van der Waals surface area contributed by atoms with Gasteiger partial charge in [-0.25, -0.2) is 4.98 Å². The summed E-state index contributed by atoms with van der Waals surface area (Å²) < 4.78 is 0. The first-order valence-electron chi connectivity index (χ1n) is 8.29. The quantitative estimate of drug-likeness (QED) is 0.741. The highest BCUT2D eigenvalue weighted by molar-refractivity contribution is 5.78. The molecule has 24 heavy (non-hydrogen) atoms. The van der Waals surface area contributed by atoms with Crippen LogP contribution >= 0.6 is 0 Å². The van der Waals surface area contributed by atoms with Crippen LogP contribution in [0.5, 0.6) is 0 Å². The van der Waals surface area contributed by atoms with E-state index in [1.807, 2.05) is 18.7 Å². The second-order valence-corrected chi connectivity index (χ2v) is 6.11. The predicted molar refractivity (Wildman–Crippen MR) is 94.7 cm³/mol. The van der Waals surface area contributed by atoms with E-state index in [2.05, 4.69) is 27.4 Å². The molecule has 1 saturated heterocycles. The fraction of sp³-hybridized carbons (Fsp3) is 0.500. The summed E-state index contributed by atoms with van der Waals surface area (Å²) in [6.07, 6.45) is 1.71. The topological polar surface area (TPSA) is 63.5 Å². The summed E-state index contributed by atoms with van der Waals surface area (Å²) in [6, 6.07) is 5.75. The largest absolute Gasteiger partial charge is 0.353 e. The van der Waals surface area contributed by atoms with Gasteiger partial charge in [-0.05, 0) is 26.0 Å². The zero-order valence-corrected chi connectivity index (χ0v) is 14.5. The normalized spacial score (nSPS) is 15.0. The molecule has 1 aromatic heterocycles. The molecule has 2 rings (SSSR count). The first kappa shape index (κ1) is 18.0. The Bertz CT molecular complexity index is 629. The van der Waals surface area contributed by atoms with Gasteiger partial charge in [0, 0.05) is 45.5 Å². The SMILES string of the molecule is C=C(C)CN(CC)C(=O)CN1CCN(c2ncccc2C#N)CC1. The van der Waals surface area contributed by atoms with Gasteiger partial charge >= 0.3 is 0 Å². The third-order valence-electron chi connectivity index (χ3n) is 4.13. The van der Waals surface area contributed by atoms with Gasteiger partial charge in [-0.1, -0.05) is 12.2 Å². The maximum atomic E-state index is 12.4. The van der Waals surface area contributed by atoms with Crippen molar-refractivity contribution >= 4 is 11.7 Å². The van der Waals surface area contributed by atoms with Crippen LogP contribution in [-0.4, -0.2) is 66.5 Å². The number of amides is 1. The lowest BCUT2D eigenvalue weighted by atomic mass is 10.2. The van der Waals surface area contributed by atoms with E-state index in [1.54, 1.807) is 18.3 Å². The zero-order valence-electron chi connectivity index (χ0n) is 14.5. The number of aromatic nitrogens is 1. The first-order valence-corrected chi connectivity index (χ1v) is 8.29. The highest BCUT2D eigenvalue weighted by Crippen LogP contribution is 2.18. The van der Waals surface area contributed by atoms with Crippen LogP contribution in [0.4, 0.5) is 5.82 Å². The van der Waals surface area contributed by atoms with Gasteiger partial charge in [0.05, 0.1) is 12.1 Å². The number of pyridine rings is 1. The summed E-state index contributed by atoms with van der Waals surface area (Å²) in [7, 11) is 0. The van der Waals surface area contributed by atoms with Gasteiger partial charge in [0.2, 0.25) is 5.91 Å². The van der Waals surface area contributed by atoms with E-state index in [0.29, 0.717) is 25.2 Å². The van der Waals surface area contributed by atoms with Gasteiger partial charge in [0.15, 0.2) is 0 Å². The molecule has 0 atom stereocenters. The van der Waals surface area contributed by atoms with E-state index < -0.39 is 0 Å². The third kappa shape index (κ3) is 4.56. The summed E-state index contributed by atoms with van der Waals surface area (Å²) in [6.45, 7) is 12.7. The van der Waals surface area contributed by atoms with Gasteiger partial charge in [-0.15, -0.1) is 0 Å². The van der Waals surface area contributed by atoms with E-state index in [1.165, 1.54) is 0 Å². The number of rotatable bonds is 6. The van der Waals surface area contributed by atoms with Crippen LogP contribution in [0.15, 0.2) is 30.5 Å². The molecular weight excluding hydrogens is 302 g/mol. The van der Waals surface area contributed by atoms with Gasteiger partial charge in [0.25, 0.3) is 0 Å². The van der Waals surface area contributed by atoms with Crippen LogP contribution in [0.1, 0.15) is 19.4 Å². The number of piperazine rings is 1. The molecule has 1 aromatic rings. The number of anilines is 1. The van der Waals surface area contributed by atoms with Crippen molar-refractivity contribution in [2.75, 3.05) is 50.7 Å². The van der Waals surface area contributed by atoms with E-state index in [-0.39, 0.29) is 5.91 Å². The molecule has 0 saturated carbocycles. The van der Waals surface area contributed by atoms with Crippen molar-refractivity contribution in [1.82, 2.24) is 14.8 Å². The van der Waals surface area contributed by atoms with Gasteiger partial charge in [-0.2, -0.15) is 5.26 Å². The number of nitrogens with zero attached hydrogens (tertiary/aromatic N) is 5. The lowest BCUT2D eigenvalue weighted by Crippen LogP contribution is -2.50. The predicted octanol–water partition coefficient (Wildman–Crippen LogP) is 1.50. The van der Waals surface area contributed by atoms with Crippen molar-refractivity contribution in [3.8, 4) is 6.07 Å². The average molecular weight is 327 g/mol. The maximum absolute atomic E-state index is 12.4. The lowest BCUT2D eigenvalue weighted by molar-refractivity contribution is -0.131. The summed E-state index contributed by atoms with van der Waals surface area (Å²) >= 11 is 0. The van der Waals surface area contributed by atoms with E-state index >= 15 is 0 Å². The van der Waals surface area contributed by atoms with Crippen LogP contribution < -0.4 is 4.90 Å². The summed E-state index contributed by atoms with van der Waals surface area (Å²) in [5.41, 5.74) is 1.59. The Morgan fingerprint density at radius 1 is 1.42 bits per heavy atom. The summed E-state index contributed by atoms with van der Waals surface area (Å²) in [5, 5.41) is 9.20. The highest BCUT2D eigenvalue weighted by atomic mass is 16.2. The number of carbonyl (C=O) groups is 1. The molecule has 128 valence electrons. The fourth-order valence-electron chi connectivity index (χ4n) is 2.85. The number of hydrogen-bond acceptors (Lipinski definition) is 5. The van der Waals surface area contributed by atoms with Gasteiger partial charge in [-0.3, -0.25) is 9.69 Å². The Balaban J connectivity index is 1.90. The lowest BCUT2D eigenvalue weighted by Gasteiger charge is -2.36. The molecule has 0 aromatic carbocycles. The summed E-state index contributed by atoms with van der Waals surface area (Å²) in [5.74, 6) is 0.882. The van der Waals surface area contributed by atoms with E-state index in [0.717, 1.165) is 37.6 Å². The van der Waals surface area contributed by atoms with Crippen LogP contribution in [0, 0.1) is 11.3 Å². The zero-order chi connectivity index (χ0) is 17.5. The van der Waals surface area contributed by atoms with Crippen molar-refractivity contribution in [3.05, 3.63) is 36.0 Å². The third-order valence-corrected chi connectivity index (χ3v) is 4.13. The molecule has 1 aliphatic heterocycles. The molecule has 0 unspecified atom stereocenters. The molecule has 0 spiro atoms. The molecule has 1 fully saturated rings. The Morgan fingerprint density at radius 3 is 2.71 bits per heavy atom. The highest BCUT2D eigenvalue weighted by Gasteiger charge is 2.23. The minimum atomic E-state index is 0.143. The van der Waals surface area contributed by atoms with Gasteiger partial charge in [0.1, 0.15) is 11.9 Å². The molecular formula is C18H25N5O. The smallest absolute Gasteiger partial charge is 0.237 e. The number of nitriles is 1. The van der Waals surface area contributed by atoms with Crippen LogP contribution in [0.2, 0.25) is 0 Å². The van der Waals surface area contributed by atoms with Crippen molar-refractivity contribution in [2.24, 2.45) is 0 Å². The Morgan fingerprint density at radius 2 is 2.12 bits per heavy atom. The molecule has 0 bridgehead atoms. The molecule has 2 heterocycles. The van der Waals surface area contributed by atoms with Crippen molar-refractivity contribution in [2.45, 2.75) is 13.8 Å². The van der Waals surface area contributed by atoms with Crippen molar-refractivity contribution in [3.63, 3.8) is 0 Å². The maximum Gasteiger partial charge on any atom is 0.237 e. The van der Waals surface area contributed by atoms with Gasteiger partial charge < -0.3 is 9.80 Å². The molecule has 0 radical (unpaired) electrons. The molecule has 0 N–H and O–H groups in total. The molecule has 0 aliphatic carbocycles. The molecule has 1 aliphatic rings. The monoisotopic (exact) mass is 327 g/mol. The van der Waals surface area contributed by atoms with Crippen molar-refractivity contribution < 1.29 is 4.79 Å². The van der Waals surface area contributed by atoms with Crippen LogP contribution in [-0.2, 0) is 4.79 Å². The molecule has 6 heteroatoms. The Labute approximate surface area is 144 Å². The molecule has 1 amide bonds. The van der Waals surface area contributed by atoms with E-state index in [4.69, 9.17) is 0 Å². The fourth-order valence-corrected chi connectivity index (χ4v) is 2.85. The average Bonchev–Trinajstić information content (AvgIpc) is 2.60. The number of hydrogen-bond donors (Lipinski definition) is 0. The standard InChI is InChI=1S/C18H25N5O/c1-4-22(13-15(2)3)17(24)14-21-8-10-23(11-9-21)18-16(12-19)6-5-7-20-18/h5-7H,2,4,8-11,13-14H2,1,3H3. The second-order valence-electron chi connectivity index (χ2n) is 6.11. The van der Waals surface area contributed by atoms with Crippen LogP contribution in [0.25, 0.3) is 0 Å². The summed E-state index contributed by atoms with van der Waals surface area (Å²) in [4.78, 5) is 22.8.